The highest BCUT2D eigenvalue weighted by Crippen LogP contribution is 2.51. The maximum Gasteiger partial charge on any atom is 0.280 e. The molecule has 4 atom stereocenters. The van der Waals surface area contributed by atoms with Crippen molar-refractivity contribution >= 4 is 31.5 Å². The third kappa shape index (κ3) is 9.71. The average molecular weight is 840 g/mol. The summed E-state index contributed by atoms with van der Waals surface area (Å²) >= 11 is 0. The number of amides is 1. The van der Waals surface area contributed by atoms with Gasteiger partial charge in [0.1, 0.15) is 36.0 Å². The molecule has 16 heteroatoms. The molecule has 0 radical (unpaired) electrons. The molecule has 3 aromatic carbocycles. The number of anilines is 1. The first-order valence-electron chi connectivity index (χ1n) is 20.0. The van der Waals surface area contributed by atoms with E-state index in [9.17, 15) is 9.59 Å². The fourth-order valence-electron chi connectivity index (χ4n) is 7.28. The molecule has 0 saturated carbocycles. The number of ether oxygens (including phenoxy) is 4. The third-order valence-electron chi connectivity index (χ3n) is 10.2. The van der Waals surface area contributed by atoms with Crippen molar-refractivity contribution in [2.24, 2.45) is 5.92 Å². The first kappa shape index (κ1) is 44.4. The van der Waals surface area contributed by atoms with Gasteiger partial charge in [0.25, 0.3) is 14.1 Å². The van der Waals surface area contributed by atoms with E-state index in [0.717, 1.165) is 16.7 Å². The fourth-order valence-corrected chi connectivity index (χ4v) is 9.02. The Hall–Kier alpha value is -5.20. The van der Waals surface area contributed by atoms with Gasteiger partial charge in [-0.25, -0.2) is 16.2 Å². The van der Waals surface area contributed by atoms with E-state index < -0.39 is 38.1 Å². The Kier molecular flexibility index (Phi) is 14.7. The van der Waals surface area contributed by atoms with Crippen LogP contribution < -0.4 is 20.3 Å². The second-order valence-corrected chi connectivity index (χ2v) is 16.6. The van der Waals surface area contributed by atoms with Gasteiger partial charge < -0.3 is 32.8 Å². The predicted octanol–water partition coefficient (Wildman–Crippen LogP) is 7.69. The topological polar surface area (TPSA) is 156 Å². The molecule has 1 fully saturated rings. The van der Waals surface area contributed by atoms with Crippen LogP contribution in [0.1, 0.15) is 70.9 Å². The molecule has 0 spiro atoms. The summed E-state index contributed by atoms with van der Waals surface area (Å²) in [5, 5.41) is 2.69. The molecule has 3 heterocycles. The van der Waals surface area contributed by atoms with E-state index >= 15 is 0 Å². The zero-order valence-electron chi connectivity index (χ0n) is 35.3. The van der Waals surface area contributed by atoms with Crippen LogP contribution in [0.3, 0.4) is 0 Å². The highest BCUT2D eigenvalue weighted by atomic mass is 31.2. The molecule has 2 aromatic heterocycles. The van der Waals surface area contributed by atoms with E-state index in [2.05, 4.69) is 57.5 Å². The Morgan fingerprint density at radius 3 is 2.12 bits per heavy atom. The van der Waals surface area contributed by atoms with E-state index in [4.69, 9.17) is 34.6 Å². The maximum absolute atomic E-state index is 13.2. The minimum absolute atomic E-state index is 0.00601. The molecule has 6 rings (SSSR count). The molecule has 318 valence electrons. The number of rotatable bonds is 19. The van der Waals surface area contributed by atoms with Crippen molar-refractivity contribution in [1.82, 2.24) is 24.2 Å². The van der Waals surface area contributed by atoms with Crippen LogP contribution in [0, 0.1) is 12.5 Å². The Bertz CT molecular complexity index is 2220. The van der Waals surface area contributed by atoms with E-state index in [1.54, 1.807) is 32.6 Å². The van der Waals surface area contributed by atoms with E-state index in [0.29, 0.717) is 17.9 Å². The molecule has 1 amide bonds. The van der Waals surface area contributed by atoms with Crippen molar-refractivity contribution in [2.45, 2.75) is 84.1 Å². The fraction of sp³-hybridized carbons (Fsp3) is 0.432. The number of carbonyl (C=O) groups excluding carboxylic acids is 1. The lowest BCUT2D eigenvalue weighted by Crippen LogP contribution is -2.39. The first-order chi connectivity index (χ1) is 28.9. The predicted molar refractivity (Wildman–Crippen MR) is 230 cm³/mol. The molecule has 2 N–H and O–H groups in total. The lowest BCUT2D eigenvalue weighted by atomic mass is 9.80. The first-order valence-corrected chi connectivity index (χ1v) is 21.2. The summed E-state index contributed by atoms with van der Waals surface area (Å²) in [5.74, 6) is 0.767. The Morgan fingerprint density at radius 1 is 0.967 bits per heavy atom. The molecule has 15 nitrogen and oxygen atoms in total. The van der Waals surface area contributed by atoms with Gasteiger partial charge in [0.2, 0.25) is 18.4 Å². The number of benzene rings is 3. The van der Waals surface area contributed by atoms with Gasteiger partial charge in [-0.1, -0.05) is 68.4 Å². The number of aromatic amines is 1. The van der Waals surface area contributed by atoms with Crippen LogP contribution in [-0.2, 0) is 28.9 Å². The second-order valence-electron chi connectivity index (χ2n) is 15.2. The molecule has 1 aliphatic rings. The van der Waals surface area contributed by atoms with Crippen LogP contribution in [-0.4, -0.2) is 88.4 Å². The zero-order chi connectivity index (χ0) is 43.0. The van der Waals surface area contributed by atoms with E-state index in [1.165, 1.54) is 6.33 Å². The summed E-state index contributed by atoms with van der Waals surface area (Å²) in [4.78, 5) is 41.0. The third-order valence-corrected chi connectivity index (χ3v) is 12.4. The van der Waals surface area contributed by atoms with Gasteiger partial charge in [-0.05, 0) is 68.7 Å². The van der Waals surface area contributed by atoms with Crippen molar-refractivity contribution in [3.05, 3.63) is 124 Å². The summed E-state index contributed by atoms with van der Waals surface area (Å²) in [5.41, 5.74) is 1.25. The molecule has 1 saturated heterocycles. The highest BCUT2D eigenvalue weighted by molar-refractivity contribution is 7.44. The summed E-state index contributed by atoms with van der Waals surface area (Å²) in [6.45, 7) is 19.6. The van der Waals surface area contributed by atoms with Crippen molar-refractivity contribution in [3.63, 3.8) is 0 Å². The molecular formula is C44H54N7O8P. The smallest absolute Gasteiger partial charge is 0.280 e. The number of imidazole rings is 1. The SMILES string of the molecule is [C-]#[N+]CCOP(OC1C[C@H](n2cnc3c(=O)[nH]c(NC(=O)C(C)C)nc32)O[C@@H]1COC(c1ccccc1)(c1ccc(OC)cc1)c1ccc(OC)cc1)N(C(C)C)C(C)C. The average Bonchev–Trinajstić information content (AvgIpc) is 3.85. The highest BCUT2D eigenvalue weighted by Gasteiger charge is 2.45. The van der Waals surface area contributed by atoms with Crippen molar-refractivity contribution in [3.8, 4) is 11.5 Å². The van der Waals surface area contributed by atoms with Gasteiger partial charge in [0.05, 0.1) is 33.3 Å². The lowest BCUT2D eigenvalue weighted by molar-refractivity contribution is -0.118. The minimum atomic E-state index is -1.69. The number of nitrogens with zero attached hydrogens (tertiary/aromatic N) is 5. The minimum Gasteiger partial charge on any atom is -0.497 e. The Morgan fingerprint density at radius 2 is 1.57 bits per heavy atom. The standard InChI is InChI=1S/C44H54N7O8P/c1-28(2)41(52)48-43-47-40-39(42(53)49-43)46-27-50(40)38-25-36(59-60(57-24-23-45-7)51(29(3)4)30(5)6)37(58-38)26-56-44(31-13-11-10-12-14-31,32-15-19-34(54-8)20-16-32)33-17-21-35(55-9)22-18-33/h10-22,27-30,36-38H,23-26H2,1-6,8-9H3,(H2,47,48,49,52,53)/t36?,37-,38-,60?/m1/s1. The quantitative estimate of drug-likeness (QED) is 0.0364. The van der Waals surface area contributed by atoms with Gasteiger partial charge in [-0.15, -0.1) is 0 Å². The number of hydrogen-bond acceptors (Lipinski definition) is 11. The molecule has 5 aromatic rings. The molecule has 0 bridgehead atoms. The second kappa shape index (κ2) is 19.9. The van der Waals surface area contributed by atoms with Crippen LogP contribution in [0.2, 0.25) is 0 Å². The Labute approximate surface area is 352 Å². The van der Waals surface area contributed by atoms with Crippen LogP contribution in [0.5, 0.6) is 11.5 Å². The molecule has 1 aliphatic heterocycles. The van der Waals surface area contributed by atoms with Crippen LogP contribution in [0.15, 0.2) is 90.0 Å². The van der Waals surface area contributed by atoms with Gasteiger partial charge in [-0.2, -0.15) is 4.98 Å². The van der Waals surface area contributed by atoms with E-state index in [-0.39, 0.29) is 60.8 Å². The van der Waals surface area contributed by atoms with Crippen molar-refractivity contribution in [1.29, 1.82) is 0 Å². The van der Waals surface area contributed by atoms with Gasteiger partial charge in [-0.3, -0.25) is 24.5 Å². The van der Waals surface area contributed by atoms with Crippen LogP contribution >= 0.6 is 8.53 Å². The van der Waals surface area contributed by atoms with Gasteiger partial charge in [0, 0.05) is 24.4 Å². The van der Waals surface area contributed by atoms with Gasteiger partial charge >= 0.3 is 0 Å². The summed E-state index contributed by atoms with van der Waals surface area (Å²) < 4.78 is 42.6. The number of fused-ring (bicyclic) bond motifs is 1. The maximum atomic E-state index is 13.2. The number of H-pyrrole nitrogens is 1. The zero-order valence-corrected chi connectivity index (χ0v) is 36.2. The van der Waals surface area contributed by atoms with Gasteiger partial charge in [0.15, 0.2) is 11.2 Å². The largest absolute Gasteiger partial charge is 0.497 e. The molecule has 60 heavy (non-hydrogen) atoms. The number of carbonyl (C=O) groups is 1. The summed E-state index contributed by atoms with van der Waals surface area (Å²) in [6.07, 6.45) is -0.187. The monoisotopic (exact) mass is 839 g/mol. The number of aromatic nitrogens is 4. The normalized spacial score (nSPS) is 17.4. The summed E-state index contributed by atoms with van der Waals surface area (Å²) in [6, 6.07) is 25.7. The number of nitrogens with one attached hydrogen (secondary N) is 2. The van der Waals surface area contributed by atoms with Crippen LogP contribution in [0.25, 0.3) is 16.0 Å². The van der Waals surface area contributed by atoms with Crippen LogP contribution in [0.4, 0.5) is 5.95 Å². The summed E-state index contributed by atoms with van der Waals surface area (Å²) in [7, 11) is 1.57. The van der Waals surface area contributed by atoms with E-state index in [1.807, 2.05) is 78.9 Å². The molecule has 2 unspecified atom stereocenters. The lowest BCUT2D eigenvalue weighted by Gasteiger charge is -2.39. The van der Waals surface area contributed by atoms with Crippen molar-refractivity contribution in [2.75, 3.05) is 39.3 Å². The molecular weight excluding hydrogens is 785 g/mol. The number of hydrogen-bond donors (Lipinski definition) is 2. The molecule has 0 aliphatic carbocycles. The van der Waals surface area contributed by atoms with Crippen molar-refractivity contribution < 1.29 is 32.8 Å². The number of methoxy groups -OCH3 is 2. The Balaban J connectivity index is 1.45.